The van der Waals surface area contributed by atoms with Gasteiger partial charge in [-0.3, -0.25) is 4.79 Å². The molecule has 0 atom stereocenters. The Morgan fingerprint density at radius 2 is 1.75 bits per heavy atom. The number of hydrogen-bond donors (Lipinski definition) is 3. The Bertz CT molecular complexity index is 905. The molecule has 2 rings (SSSR count). The van der Waals surface area contributed by atoms with E-state index < -0.39 is 21.3 Å². The van der Waals surface area contributed by atoms with Crippen LogP contribution in [0.1, 0.15) is 12.5 Å². The molecule has 7 nitrogen and oxygen atoms in total. The zero-order chi connectivity index (χ0) is 18.1. The maximum Gasteiger partial charge on any atom is 0.221 e. The van der Waals surface area contributed by atoms with Gasteiger partial charge in [0.2, 0.25) is 15.7 Å². The summed E-state index contributed by atoms with van der Waals surface area (Å²) >= 11 is 0. The number of ether oxygens (including phenoxy) is 1. The van der Waals surface area contributed by atoms with Crippen LogP contribution in [0.4, 0.5) is 5.69 Å². The molecule has 128 valence electrons. The number of anilines is 1. The minimum atomic E-state index is -3.97. The number of phenols is 2. The number of aromatic hydroxyl groups is 2. The van der Waals surface area contributed by atoms with Crippen LogP contribution in [0.3, 0.4) is 0 Å². The van der Waals surface area contributed by atoms with Gasteiger partial charge in [0.15, 0.2) is 11.5 Å². The average molecular weight is 351 g/mol. The quantitative estimate of drug-likeness (QED) is 0.728. The number of nitrogens with one attached hydrogen (secondary N) is 1. The molecular formula is C16H17NO6S. The van der Waals surface area contributed by atoms with Crippen LogP contribution in [0.25, 0.3) is 0 Å². The van der Waals surface area contributed by atoms with Gasteiger partial charge in [-0.1, -0.05) is 0 Å². The van der Waals surface area contributed by atoms with E-state index in [1.807, 2.05) is 0 Å². The number of carbonyl (C=O) groups excluding carboxylic acids is 1. The molecule has 0 spiro atoms. The highest BCUT2D eigenvalue weighted by molar-refractivity contribution is 7.91. The fourth-order valence-electron chi connectivity index (χ4n) is 2.22. The van der Waals surface area contributed by atoms with E-state index in [4.69, 9.17) is 4.74 Å². The Morgan fingerprint density at radius 1 is 1.12 bits per heavy atom. The highest BCUT2D eigenvalue weighted by Crippen LogP contribution is 2.35. The molecule has 0 fully saturated rings. The lowest BCUT2D eigenvalue weighted by Gasteiger charge is -2.13. The van der Waals surface area contributed by atoms with Crippen LogP contribution in [-0.4, -0.2) is 31.6 Å². The second-order valence-corrected chi connectivity index (χ2v) is 7.07. The van der Waals surface area contributed by atoms with Crippen molar-refractivity contribution in [1.82, 2.24) is 0 Å². The number of benzene rings is 2. The molecule has 0 saturated carbocycles. The van der Waals surface area contributed by atoms with E-state index in [-0.39, 0.29) is 26.9 Å². The summed E-state index contributed by atoms with van der Waals surface area (Å²) in [6.07, 6.45) is 0. The Balaban J connectivity index is 2.62. The average Bonchev–Trinajstić information content (AvgIpc) is 2.50. The Kier molecular flexibility index (Phi) is 4.70. The van der Waals surface area contributed by atoms with Crippen molar-refractivity contribution < 1.29 is 28.2 Å². The maximum absolute atomic E-state index is 12.8. The van der Waals surface area contributed by atoms with Crippen LogP contribution >= 0.6 is 0 Å². The predicted molar refractivity (Wildman–Crippen MR) is 87.3 cm³/mol. The molecule has 24 heavy (non-hydrogen) atoms. The summed E-state index contributed by atoms with van der Waals surface area (Å²) in [6.45, 7) is 2.80. The first-order chi connectivity index (χ1) is 11.2. The Labute approximate surface area is 139 Å². The molecule has 0 radical (unpaired) electrons. The fraction of sp³-hybridized carbons (Fsp3) is 0.188. The largest absolute Gasteiger partial charge is 0.504 e. The van der Waals surface area contributed by atoms with E-state index in [1.165, 1.54) is 45.2 Å². The Morgan fingerprint density at radius 3 is 2.33 bits per heavy atom. The molecule has 0 saturated heterocycles. The summed E-state index contributed by atoms with van der Waals surface area (Å²) in [6, 6.07) is 6.19. The van der Waals surface area contributed by atoms with Crippen LogP contribution in [-0.2, 0) is 14.6 Å². The molecule has 0 heterocycles. The van der Waals surface area contributed by atoms with E-state index >= 15 is 0 Å². The normalized spacial score (nSPS) is 11.1. The van der Waals surface area contributed by atoms with E-state index in [9.17, 15) is 23.4 Å². The lowest BCUT2D eigenvalue weighted by atomic mass is 10.2. The van der Waals surface area contributed by atoms with Crippen LogP contribution < -0.4 is 10.1 Å². The molecule has 2 aromatic carbocycles. The van der Waals surface area contributed by atoms with E-state index in [2.05, 4.69) is 5.32 Å². The number of rotatable bonds is 4. The number of aryl methyl sites for hydroxylation is 1. The van der Waals surface area contributed by atoms with Gasteiger partial charge in [0, 0.05) is 13.0 Å². The lowest BCUT2D eigenvalue weighted by molar-refractivity contribution is -0.114. The number of carbonyl (C=O) groups is 1. The second kappa shape index (κ2) is 6.40. The van der Waals surface area contributed by atoms with Crippen molar-refractivity contribution in [2.75, 3.05) is 12.4 Å². The smallest absolute Gasteiger partial charge is 0.221 e. The first-order valence-corrected chi connectivity index (χ1v) is 8.38. The number of methoxy groups -OCH3 is 1. The second-order valence-electron chi connectivity index (χ2n) is 5.15. The molecule has 0 aromatic heterocycles. The standard InChI is InChI=1S/C16H17NO6S/c1-9-6-13(19)14(20)8-16(9)24(21,22)11-4-5-15(23-3)12(7-11)17-10(2)18/h4-8,19-20H,1-3H3,(H,17,18). The van der Waals surface area contributed by atoms with Gasteiger partial charge in [-0.15, -0.1) is 0 Å². The van der Waals surface area contributed by atoms with Gasteiger partial charge in [-0.05, 0) is 36.8 Å². The van der Waals surface area contributed by atoms with Crippen molar-refractivity contribution in [1.29, 1.82) is 0 Å². The van der Waals surface area contributed by atoms with Crippen molar-refractivity contribution >= 4 is 21.4 Å². The SMILES string of the molecule is COc1ccc(S(=O)(=O)c2cc(O)c(O)cc2C)cc1NC(C)=O. The zero-order valence-corrected chi connectivity index (χ0v) is 14.1. The van der Waals surface area contributed by atoms with Gasteiger partial charge in [0.1, 0.15) is 5.75 Å². The van der Waals surface area contributed by atoms with E-state index in [0.717, 1.165) is 6.07 Å². The van der Waals surface area contributed by atoms with Crippen molar-refractivity contribution in [3.8, 4) is 17.2 Å². The van der Waals surface area contributed by atoms with Gasteiger partial charge >= 0.3 is 0 Å². The summed E-state index contributed by atoms with van der Waals surface area (Å²) in [4.78, 5) is 11.0. The molecular weight excluding hydrogens is 334 g/mol. The molecule has 0 bridgehead atoms. The van der Waals surface area contributed by atoms with Gasteiger partial charge < -0.3 is 20.3 Å². The number of sulfone groups is 1. The van der Waals surface area contributed by atoms with Gasteiger partial charge in [-0.2, -0.15) is 0 Å². The monoisotopic (exact) mass is 351 g/mol. The molecule has 0 aliphatic carbocycles. The van der Waals surface area contributed by atoms with Gasteiger partial charge in [0.25, 0.3) is 0 Å². The van der Waals surface area contributed by atoms with Crippen molar-refractivity contribution in [3.63, 3.8) is 0 Å². The summed E-state index contributed by atoms with van der Waals surface area (Å²) in [5.74, 6) is -0.995. The third-order valence-electron chi connectivity index (χ3n) is 3.35. The van der Waals surface area contributed by atoms with Gasteiger partial charge in [0.05, 0.1) is 22.6 Å². The van der Waals surface area contributed by atoms with Crippen LogP contribution in [0.5, 0.6) is 17.2 Å². The molecule has 0 aliphatic heterocycles. The molecule has 2 aromatic rings. The summed E-state index contributed by atoms with van der Waals surface area (Å²) in [5, 5.41) is 21.6. The minimum absolute atomic E-state index is 0.0831. The molecule has 1 amide bonds. The van der Waals surface area contributed by atoms with Crippen molar-refractivity contribution in [2.45, 2.75) is 23.6 Å². The first kappa shape index (κ1) is 17.6. The molecule has 0 unspecified atom stereocenters. The number of phenolic OH excluding ortho intramolecular Hbond substituents is 2. The lowest BCUT2D eigenvalue weighted by Crippen LogP contribution is -2.09. The summed E-state index contributed by atoms with van der Waals surface area (Å²) in [5.41, 5.74) is 0.494. The molecule has 3 N–H and O–H groups in total. The highest BCUT2D eigenvalue weighted by Gasteiger charge is 2.23. The van der Waals surface area contributed by atoms with Crippen LogP contribution in [0, 0.1) is 6.92 Å². The van der Waals surface area contributed by atoms with Crippen molar-refractivity contribution in [2.24, 2.45) is 0 Å². The fourth-order valence-corrected chi connectivity index (χ4v) is 3.74. The summed E-state index contributed by atoms with van der Waals surface area (Å²) in [7, 11) is -2.57. The zero-order valence-electron chi connectivity index (χ0n) is 13.3. The minimum Gasteiger partial charge on any atom is -0.504 e. The van der Waals surface area contributed by atoms with Crippen LogP contribution in [0.2, 0.25) is 0 Å². The maximum atomic E-state index is 12.8. The first-order valence-electron chi connectivity index (χ1n) is 6.90. The third-order valence-corrected chi connectivity index (χ3v) is 5.25. The van der Waals surface area contributed by atoms with Gasteiger partial charge in [-0.25, -0.2) is 8.42 Å². The van der Waals surface area contributed by atoms with E-state index in [1.54, 1.807) is 0 Å². The highest BCUT2D eigenvalue weighted by atomic mass is 32.2. The topological polar surface area (TPSA) is 113 Å². The molecule has 8 heteroatoms. The number of amides is 1. The number of hydrogen-bond acceptors (Lipinski definition) is 6. The van der Waals surface area contributed by atoms with Crippen molar-refractivity contribution in [3.05, 3.63) is 35.9 Å². The predicted octanol–water partition coefficient (Wildman–Crippen LogP) is 2.21. The van der Waals surface area contributed by atoms with Crippen LogP contribution in [0.15, 0.2) is 40.1 Å². The third kappa shape index (κ3) is 3.28. The molecule has 0 aliphatic rings. The van der Waals surface area contributed by atoms with E-state index in [0.29, 0.717) is 5.75 Å². The summed E-state index contributed by atoms with van der Waals surface area (Å²) < 4.78 is 30.7. The Hall–Kier alpha value is -2.74.